The number of anilines is 1. The van der Waals surface area contributed by atoms with Crippen LogP contribution in [0, 0.1) is 0 Å². The van der Waals surface area contributed by atoms with Gasteiger partial charge in [-0.3, -0.25) is 9.36 Å². The molecule has 1 aliphatic rings. The molecule has 3 aromatic carbocycles. The second kappa shape index (κ2) is 13.5. The predicted octanol–water partition coefficient (Wildman–Crippen LogP) is 5.91. The quantitative estimate of drug-likeness (QED) is 0.209. The van der Waals surface area contributed by atoms with Crippen molar-refractivity contribution in [2.24, 2.45) is 4.99 Å². The largest absolute Gasteiger partial charge is 0.496 e. The van der Waals surface area contributed by atoms with E-state index >= 15 is 0 Å². The van der Waals surface area contributed by atoms with Gasteiger partial charge in [-0.15, -0.1) is 0 Å². The first-order valence-corrected chi connectivity index (χ1v) is 15.9. The van der Waals surface area contributed by atoms with E-state index in [-0.39, 0.29) is 12.2 Å². The summed E-state index contributed by atoms with van der Waals surface area (Å²) >= 11 is 1.30. The Balaban J connectivity index is 1.77. The highest BCUT2D eigenvalue weighted by Gasteiger charge is 2.35. The predicted molar refractivity (Wildman–Crippen MR) is 178 cm³/mol. The Morgan fingerprint density at radius 3 is 2.34 bits per heavy atom. The molecule has 1 aliphatic heterocycles. The lowest BCUT2D eigenvalue weighted by molar-refractivity contribution is -0.138. The monoisotopic (exact) mass is 609 g/mol. The number of rotatable bonds is 10. The first kappa shape index (κ1) is 31.0. The van der Waals surface area contributed by atoms with Gasteiger partial charge in [-0.1, -0.05) is 79.8 Å². The minimum atomic E-state index is -0.712. The molecule has 0 amide bonds. The molecule has 2 heterocycles. The molecule has 0 aliphatic carbocycles. The summed E-state index contributed by atoms with van der Waals surface area (Å²) < 4.78 is 13.5. The van der Waals surface area contributed by atoms with Gasteiger partial charge in [0.05, 0.1) is 35.6 Å². The Morgan fingerprint density at radius 2 is 1.73 bits per heavy atom. The molecule has 0 unspecified atom stereocenters. The number of carbonyl (C=O) groups excluding carboxylic acids is 1. The van der Waals surface area contributed by atoms with E-state index < -0.39 is 12.0 Å². The number of fused-ring (bicyclic) bond motifs is 1. The van der Waals surface area contributed by atoms with Gasteiger partial charge in [-0.05, 0) is 56.0 Å². The Kier molecular flexibility index (Phi) is 9.49. The lowest BCUT2D eigenvalue weighted by atomic mass is 9.91. The highest BCUT2D eigenvalue weighted by Crippen LogP contribution is 2.35. The first-order chi connectivity index (χ1) is 21.3. The van der Waals surface area contributed by atoms with Crippen LogP contribution in [0.1, 0.15) is 68.8 Å². The summed E-state index contributed by atoms with van der Waals surface area (Å²) in [5, 5.41) is 0. The minimum absolute atomic E-state index is 0.205. The van der Waals surface area contributed by atoms with Gasteiger partial charge in [-0.2, -0.15) is 0 Å². The van der Waals surface area contributed by atoms with Gasteiger partial charge in [0.1, 0.15) is 5.75 Å². The fourth-order valence-corrected chi connectivity index (χ4v) is 6.56. The summed E-state index contributed by atoms with van der Waals surface area (Å²) in [7, 11) is 1.64. The molecular weight excluding hydrogens is 570 g/mol. The molecule has 5 rings (SSSR count). The second-order valence-corrected chi connectivity index (χ2v) is 11.9. The molecule has 228 valence electrons. The fraction of sp³-hybridized carbons (Fsp3) is 0.306. The summed E-state index contributed by atoms with van der Waals surface area (Å²) in [6.45, 7) is 12.2. The molecule has 7 nitrogen and oxygen atoms in total. The van der Waals surface area contributed by atoms with Gasteiger partial charge in [0.25, 0.3) is 5.56 Å². The summed E-state index contributed by atoms with van der Waals surface area (Å²) in [6.07, 6.45) is 1.85. The maximum absolute atomic E-state index is 14.3. The van der Waals surface area contributed by atoms with Crippen LogP contribution in [0.2, 0.25) is 0 Å². The van der Waals surface area contributed by atoms with Crippen molar-refractivity contribution in [3.05, 3.63) is 120 Å². The van der Waals surface area contributed by atoms with E-state index in [1.165, 1.54) is 16.9 Å². The number of thiazole rings is 1. The third kappa shape index (κ3) is 5.99. The lowest BCUT2D eigenvalue weighted by Crippen LogP contribution is -2.40. The van der Waals surface area contributed by atoms with Gasteiger partial charge in [0.15, 0.2) is 4.80 Å². The fourth-order valence-electron chi connectivity index (χ4n) is 5.56. The Labute approximate surface area is 262 Å². The van der Waals surface area contributed by atoms with Crippen molar-refractivity contribution in [3.8, 4) is 5.75 Å². The van der Waals surface area contributed by atoms with Crippen molar-refractivity contribution in [2.75, 3.05) is 31.7 Å². The van der Waals surface area contributed by atoms with Crippen LogP contribution >= 0.6 is 11.3 Å². The third-order valence-electron chi connectivity index (χ3n) is 7.92. The van der Waals surface area contributed by atoms with Crippen LogP contribution in [0.4, 0.5) is 5.69 Å². The van der Waals surface area contributed by atoms with Crippen molar-refractivity contribution in [1.29, 1.82) is 0 Å². The van der Waals surface area contributed by atoms with Gasteiger partial charge in [0, 0.05) is 36.0 Å². The number of benzene rings is 3. The van der Waals surface area contributed by atoms with E-state index in [2.05, 4.69) is 44.7 Å². The molecule has 1 aromatic heterocycles. The molecular formula is C36H39N3O4S. The number of methoxy groups -OCH3 is 1. The highest BCUT2D eigenvalue weighted by atomic mass is 32.1. The number of hydrogen-bond acceptors (Lipinski definition) is 7. The Hall–Kier alpha value is -4.43. The van der Waals surface area contributed by atoms with E-state index in [0.717, 1.165) is 35.5 Å². The standard InChI is InChI=1S/C36H39N3O4S/c1-7-38(8-2)28-20-19-27(29(22-28)42-6)21-30-34(40)39-33(26-17-15-24(16-18-26)23(4)5)31(35(41)43-9-3)32(37-36(39)44-30)25-13-11-10-12-14-25/h10-23,33H,7-9H2,1-6H3/b30-21-/t33-/m1/s1. The van der Waals surface area contributed by atoms with Crippen LogP contribution in [0.3, 0.4) is 0 Å². The molecule has 0 spiro atoms. The number of esters is 1. The normalized spacial score (nSPS) is 14.8. The molecule has 0 N–H and O–H groups in total. The van der Waals surface area contributed by atoms with E-state index in [1.54, 1.807) is 18.6 Å². The Morgan fingerprint density at radius 1 is 1.02 bits per heavy atom. The zero-order valence-corrected chi connectivity index (χ0v) is 27.0. The lowest BCUT2D eigenvalue weighted by Gasteiger charge is -2.26. The number of ether oxygens (including phenoxy) is 2. The summed E-state index contributed by atoms with van der Waals surface area (Å²) in [4.78, 5) is 35.7. The first-order valence-electron chi connectivity index (χ1n) is 15.1. The second-order valence-electron chi connectivity index (χ2n) is 10.9. The van der Waals surface area contributed by atoms with Crippen LogP contribution in [-0.2, 0) is 9.53 Å². The average Bonchev–Trinajstić information content (AvgIpc) is 3.36. The highest BCUT2D eigenvalue weighted by molar-refractivity contribution is 7.07. The molecule has 44 heavy (non-hydrogen) atoms. The number of carbonyl (C=O) groups is 1. The van der Waals surface area contributed by atoms with Gasteiger partial charge < -0.3 is 14.4 Å². The summed E-state index contributed by atoms with van der Waals surface area (Å²) in [5.41, 5.74) is 5.25. The summed E-state index contributed by atoms with van der Waals surface area (Å²) in [5.74, 6) is 0.531. The smallest absolute Gasteiger partial charge is 0.338 e. The number of hydrogen-bond donors (Lipinski definition) is 0. The Bertz CT molecular complexity index is 1850. The van der Waals surface area contributed by atoms with Crippen LogP contribution in [-0.4, -0.2) is 37.3 Å². The van der Waals surface area contributed by atoms with Crippen LogP contribution < -0.4 is 24.5 Å². The average molecular weight is 610 g/mol. The van der Waals surface area contributed by atoms with Crippen LogP contribution in [0.25, 0.3) is 11.8 Å². The topological polar surface area (TPSA) is 73.1 Å². The molecule has 0 fully saturated rings. The SMILES string of the molecule is CCOC(=O)C1=C(c2ccccc2)N=c2s/c(=C\c3ccc(N(CC)CC)cc3OC)c(=O)n2[C@@H]1c1ccc(C(C)C)cc1. The van der Waals surface area contributed by atoms with Gasteiger partial charge in [-0.25, -0.2) is 9.79 Å². The summed E-state index contributed by atoms with van der Waals surface area (Å²) in [6, 6.07) is 23.0. The number of aromatic nitrogens is 1. The molecule has 8 heteroatoms. The molecule has 0 radical (unpaired) electrons. The van der Waals surface area contributed by atoms with Crippen molar-refractivity contribution >= 4 is 34.8 Å². The molecule has 0 saturated carbocycles. The molecule has 0 saturated heterocycles. The molecule has 4 aromatic rings. The van der Waals surface area contributed by atoms with E-state index in [9.17, 15) is 9.59 Å². The van der Waals surface area contributed by atoms with Crippen LogP contribution in [0.15, 0.2) is 88.2 Å². The minimum Gasteiger partial charge on any atom is -0.496 e. The van der Waals surface area contributed by atoms with Crippen molar-refractivity contribution in [3.63, 3.8) is 0 Å². The maximum Gasteiger partial charge on any atom is 0.338 e. The van der Waals surface area contributed by atoms with Crippen molar-refractivity contribution in [2.45, 2.75) is 46.6 Å². The zero-order valence-electron chi connectivity index (χ0n) is 26.2. The van der Waals surface area contributed by atoms with E-state index in [0.29, 0.717) is 32.3 Å². The molecule has 0 bridgehead atoms. The van der Waals surface area contributed by atoms with E-state index in [4.69, 9.17) is 14.5 Å². The maximum atomic E-state index is 14.3. The molecule has 1 atom stereocenters. The van der Waals surface area contributed by atoms with Crippen LogP contribution in [0.5, 0.6) is 5.75 Å². The zero-order chi connectivity index (χ0) is 31.4. The van der Waals surface area contributed by atoms with Gasteiger partial charge >= 0.3 is 5.97 Å². The third-order valence-corrected chi connectivity index (χ3v) is 8.91. The van der Waals surface area contributed by atoms with Crippen molar-refractivity contribution in [1.82, 2.24) is 4.57 Å². The van der Waals surface area contributed by atoms with Gasteiger partial charge in [0.2, 0.25) is 0 Å². The van der Waals surface area contributed by atoms with E-state index in [1.807, 2.05) is 66.7 Å². The number of nitrogens with zero attached hydrogens (tertiary/aromatic N) is 3. The van der Waals surface area contributed by atoms with Crippen molar-refractivity contribution < 1.29 is 14.3 Å².